The highest BCUT2D eigenvalue weighted by Gasteiger charge is 2.42. The molecule has 0 bridgehead atoms. The van der Waals surface area contributed by atoms with Crippen LogP contribution in [0.25, 0.3) is 0 Å². The van der Waals surface area contributed by atoms with Crippen LogP contribution in [0.2, 0.25) is 0 Å². The smallest absolute Gasteiger partial charge is 0.0337 e. The third kappa shape index (κ3) is 2.75. The summed E-state index contributed by atoms with van der Waals surface area (Å²) in [6.07, 6.45) is 9.55. The summed E-state index contributed by atoms with van der Waals surface area (Å²) in [6, 6.07) is 0.730. The fourth-order valence-electron chi connectivity index (χ4n) is 4.49. The van der Waals surface area contributed by atoms with Gasteiger partial charge >= 0.3 is 0 Å². The number of piperidine rings is 1. The SMILES string of the molecule is CCC1CCCC(CN)(N2CCC(C)CC2C)C1. The summed E-state index contributed by atoms with van der Waals surface area (Å²) in [5.41, 5.74) is 6.57. The third-order valence-electron chi connectivity index (χ3n) is 5.63. The van der Waals surface area contributed by atoms with E-state index in [4.69, 9.17) is 5.73 Å². The van der Waals surface area contributed by atoms with Gasteiger partial charge in [-0.1, -0.05) is 33.1 Å². The Balaban J connectivity index is 2.10. The van der Waals surface area contributed by atoms with Crippen LogP contribution in [-0.4, -0.2) is 29.6 Å². The molecule has 106 valence electrons. The van der Waals surface area contributed by atoms with E-state index in [1.54, 1.807) is 0 Å². The molecule has 1 aliphatic heterocycles. The van der Waals surface area contributed by atoms with Crippen LogP contribution >= 0.6 is 0 Å². The molecule has 0 aromatic rings. The van der Waals surface area contributed by atoms with Crippen molar-refractivity contribution in [3.63, 3.8) is 0 Å². The van der Waals surface area contributed by atoms with Crippen LogP contribution in [0, 0.1) is 11.8 Å². The second-order valence-electron chi connectivity index (χ2n) is 6.97. The monoisotopic (exact) mass is 252 g/mol. The number of nitrogens with zero attached hydrogens (tertiary/aromatic N) is 1. The highest BCUT2D eigenvalue weighted by Crippen LogP contribution is 2.41. The molecule has 18 heavy (non-hydrogen) atoms. The average Bonchev–Trinajstić information content (AvgIpc) is 2.38. The molecule has 2 N–H and O–H groups in total. The molecule has 4 atom stereocenters. The quantitative estimate of drug-likeness (QED) is 0.834. The van der Waals surface area contributed by atoms with Gasteiger partial charge in [0.1, 0.15) is 0 Å². The normalized spacial score (nSPS) is 43.0. The third-order valence-corrected chi connectivity index (χ3v) is 5.63. The lowest BCUT2D eigenvalue weighted by molar-refractivity contribution is -0.0219. The van der Waals surface area contributed by atoms with Crippen molar-refractivity contribution in [2.75, 3.05) is 13.1 Å². The number of likely N-dealkylation sites (tertiary alicyclic amines) is 1. The minimum Gasteiger partial charge on any atom is -0.329 e. The van der Waals surface area contributed by atoms with Crippen LogP contribution in [0.4, 0.5) is 0 Å². The lowest BCUT2D eigenvalue weighted by Crippen LogP contribution is -2.61. The average molecular weight is 252 g/mol. The van der Waals surface area contributed by atoms with Gasteiger partial charge in [0, 0.05) is 18.1 Å². The molecule has 1 aliphatic carbocycles. The molecule has 1 heterocycles. The minimum atomic E-state index is 0.332. The lowest BCUT2D eigenvalue weighted by atomic mass is 9.72. The molecule has 2 fully saturated rings. The Hall–Kier alpha value is -0.0800. The number of nitrogens with two attached hydrogens (primary N) is 1. The first kappa shape index (κ1) is 14.3. The van der Waals surface area contributed by atoms with Crippen molar-refractivity contribution in [1.82, 2.24) is 4.90 Å². The molecular formula is C16H32N2. The number of hydrogen-bond acceptors (Lipinski definition) is 2. The van der Waals surface area contributed by atoms with E-state index >= 15 is 0 Å². The fraction of sp³-hybridized carbons (Fsp3) is 1.00. The van der Waals surface area contributed by atoms with E-state index in [0.29, 0.717) is 5.54 Å². The predicted molar refractivity (Wildman–Crippen MR) is 78.6 cm³/mol. The Kier molecular flexibility index (Phi) is 4.71. The lowest BCUT2D eigenvalue weighted by Gasteiger charge is -2.53. The largest absolute Gasteiger partial charge is 0.329 e. The summed E-state index contributed by atoms with van der Waals surface area (Å²) in [6.45, 7) is 9.30. The standard InChI is InChI=1S/C16H32N2/c1-4-15-6-5-8-16(11-15,12-17)18-9-7-13(2)10-14(18)3/h13-15H,4-12,17H2,1-3H3. The van der Waals surface area contributed by atoms with E-state index in [-0.39, 0.29) is 0 Å². The fourth-order valence-corrected chi connectivity index (χ4v) is 4.49. The van der Waals surface area contributed by atoms with Crippen LogP contribution in [0.5, 0.6) is 0 Å². The molecule has 0 aromatic carbocycles. The van der Waals surface area contributed by atoms with E-state index in [1.807, 2.05) is 0 Å². The summed E-state index contributed by atoms with van der Waals surface area (Å²) in [5, 5.41) is 0. The topological polar surface area (TPSA) is 29.3 Å². The molecular weight excluding hydrogens is 220 g/mol. The number of hydrogen-bond donors (Lipinski definition) is 1. The first-order valence-corrected chi connectivity index (χ1v) is 8.08. The van der Waals surface area contributed by atoms with Crippen molar-refractivity contribution in [2.24, 2.45) is 17.6 Å². The maximum absolute atomic E-state index is 6.24. The summed E-state index contributed by atoms with van der Waals surface area (Å²) in [4.78, 5) is 2.79. The molecule has 0 spiro atoms. The van der Waals surface area contributed by atoms with Crippen LogP contribution < -0.4 is 5.73 Å². The molecule has 2 heteroatoms. The zero-order valence-corrected chi connectivity index (χ0v) is 12.6. The van der Waals surface area contributed by atoms with Crippen LogP contribution in [-0.2, 0) is 0 Å². The second-order valence-corrected chi connectivity index (χ2v) is 6.97. The van der Waals surface area contributed by atoms with E-state index in [0.717, 1.165) is 24.4 Å². The van der Waals surface area contributed by atoms with Gasteiger partial charge in [0.05, 0.1) is 0 Å². The van der Waals surface area contributed by atoms with Crippen molar-refractivity contribution in [3.8, 4) is 0 Å². The van der Waals surface area contributed by atoms with Crippen molar-refractivity contribution >= 4 is 0 Å². The zero-order valence-electron chi connectivity index (χ0n) is 12.6. The Morgan fingerprint density at radius 1 is 1.28 bits per heavy atom. The van der Waals surface area contributed by atoms with Gasteiger partial charge in [-0.2, -0.15) is 0 Å². The van der Waals surface area contributed by atoms with Gasteiger partial charge in [-0.25, -0.2) is 0 Å². The van der Waals surface area contributed by atoms with E-state index in [1.165, 1.54) is 51.5 Å². The van der Waals surface area contributed by atoms with Gasteiger partial charge < -0.3 is 5.73 Å². The van der Waals surface area contributed by atoms with Gasteiger partial charge in [0.25, 0.3) is 0 Å². The van der Waals surface area contributed by atoms with Crippen LogP contribution in [0.15, 0.2) is 0 Å². The molecule has 1 saturated heterocycles. The van der Waals surface area contributed by atoms with Gasteiger partial charge in [-0.15, -0.1) is 0 Å². The summed E-state index contributed by atoms with van der Waals surface area (Å²) >= 11 is 0. The van der Waals surface area contributed by atoms with Crippen molar-refractivity contribution in [2.45, 2.75) is 77.3 Å². The Labute approximate surface area is 113 Å². The van der Waals surface area contributed by atoms with Gasteiger partial charge in [-0.3, -0.25) is 4.90 Å². The molecule has 4 unspecified atom stereocenters. The first-order valence-electron chi connectivity index (χ1n) is 8.08. The number of rotatable bonds is 3. The molecule has 0 radical (unpaired) electrons. The van der Waals surface area contributed by atoms with Gasteiger partial charge in [0.15, 0.2) is 0 Å². The molecule has 0 aromatic heterocycles. The second kappa shape index (κ2) is 5.92. The molecule has 0 amide bonds. The van der Waals surface area contributed by atoms with Crippen molar-refractivity contribution < 1.29 is 0 Å². The summed E-state index contributed by atoms with van der Waals surface area (Å²) in [5.74, 6) is 1.81. The summed E-state index contributed by atoms with van der Waals surface area (Å²) < 4.78 is 0. The van der Waals surface area contributed by atoms with Crippen molar-refractivity contribution in [3.05, 3.63) is 0 Å². The highest BCUT2D eigenvalue weighted by atomic mass is 15.2. The summed E-state index contributed by atoms with van der Waals surface area (Å²) in [7, 11) is 0. The van der Waals surface area contributed by atoms with Crippen LogP contribution in [0.1, 0.15) is 65.7 Å². The van der Waals surface area contributed by atoms with E-state index in [9.17, 15) is 0 Å². The van der Waals surface area contributed by atoms with Crippen molar-refractivity contribution in [1.29, 1.82) is 0 Å². The van der Waals surface area contributed by atoms with Gasteiger partial charge in [-0.05, 0) is 51.0 Å². The molecule has 1 saturated carbocycles. The molecule has 2 rings (SSSR count). The van der Waals surface area contributed by atoms with E-state index in [2.05, 4.69) is 25.7 Å². The Bertz CT molecular complexity index is 266. The van der Waals surface area contributed by atoms with Gasteiger partial charge in [0.2, 0.25) is 0 Å². The minimum absolute atomic E-state index is 0.332. The Morgan fingerprint density at radius 2 is 2.06 bits per heavy atom. The Morgan fingerprint density at radius 3 is 2.67 bits per heavy atom. The predicted octanol–water partition coefficient (Wildman–Crippen LogP) is 3.40. The van der Waals surface area contributed by atoms with E-state index < -0.39 is 0 Å². The maximum Gasteiger partial charge on any atom is 0.0337 e. The molecule has 2 aliphatic rings. The molecule has 2 nitrogen and oxygen atoms in total. The first-order chi connectivity index (χ1) is 8.61. The maximum atomic E-state index is 6.24. The zero-order chi connectivity index (χ0) is 13.2. The highest BCUT2D eigenvalue weighted by molar-refractivity contribution is 4.99. The van der Waals surface area contributed by atoms with Crippen LogP contribution in [0.3, 0.4) is 0 Å².